The second kappa shape index (κ2) is 9.00. The Morgan fingerprint density at radius 2 is 1.78 bits per heavy atom. The van der Waals surface area contributed by atoms with E-state index < -0.39 is 11.9 Å². The van der Waals surface area contributed by atoms with Crippen molar-refractivity contribution in [2.45, 2.75) is 33.4 Å². The van der Waals surface area contributed by atoms with Crippen LogP contribution >= 0.6 is 11.6 Å². The number of benzene rings is 2. The zero-order valence-electron chi connectivity index (χ0n) is 15.9. The zero-order chi connectivity index (χ0) is 20.1. The minimum Gasteiger partial charge on any atom is -0.340 e. The van der Waals surface area contributed by atoms with Crippen LogP contribution in [0.3, 0.4) is 0 Å². The Balaban J connectivity index is 2.14. The molecule has 0 aliphatic heterocycles. The van der Waals surface area contributed by atoms with Crippen molar-refractivity contribution in [1.82, 2.24) is 10.2 Å². The smallest absolute Gasteiger partial charge is 0.251 e. The summed E-state index contributed by atoms with van der Waals surface area (Å²) in [6.07, 6.45) is 0. The Bertz CT molecular complexity index is 801. The largest absolute Gasteiger partial charge is 0.340 e. The number of nitrogens with zero attached hydrogens (tertiary/aromatic N) is 1. The normalized spacial score (nSPS) is 12.0. The Labute approximate surface area is 164 Å². The average molecular weight is 391 g/mol. The Morgan fingerprint density at radius 1 is 1.15 bits per heavy atom. The van der Waals surface area contributed by atoms with Gasteiger partial charge in [0.2, 0.25) is 5.91 Å². The molecule has 0 saturated heterocycles. The molecule has 1 atom stereocenters. The van der Waals surface area contributed by atoms with Crippen molar-refractivity contribution in [2.75, 3.05) is 7.05 Å². The number of aryl methyl sites for hydroxylation is 1. The molecule has 1 N–H and O–H groups in total. The van der Waals surface area contributed by atoms with Crippen molar-refractivity contribution in [3.63, 3.8) is 0 Å². The maximum atomic E-state index is 14.0. The molecular formula is C21H24ClFN2O2. The van der Waals surface area contributed by atoms with Crippen LogP contribution < -0.4 is 5.32 Å². The number of carbonyl (C=O) groups excluding carboxylic acids is 2. The first-order valence-electron chi connectivity index (χ1n) is 8.76. The van der Waals surface area contributed by atoms with E-state index in [1.807, 2.05) is 32.9 Å². The zero-order valence-corrected chi connectivity index (χ0v) is 16.7. The average Bonchev–Trinajstić information content (AvgIpc) is 2.62. The van der Waals surface area contributed by atoms with Gasteiger partial charge in [-0.1, -0.05) is 49.2 Å². The summed E-state index contributed by atoms with van der Waals surface area (Å²) in [6, 6.07) is 10.8. The minimum absolute atomic E-state index is 0.0218. The number of rotatable bonds is 6. The Morgan fingerprint density at radius 3 is 2.33 bits per heavy atom. The minimum atomic E-state index is -0.727. The predicted octanol–water partition coefficient (Wildman–Crippen LogP) is 4.20. The molecule has 2 aromatic rings. The van der Waals surface area contributed by atoms with Gasteiger partial charge in [0, 0.05) is 29.7 Å². The van der Waals surface area contributed by atoms with Crippen LogP contribution in [0.2, 0.25) is 5.02 Å². The Kier molecular flexibility index (Phi) is 6.97. The molecule has 0 aromatic heterocycles. The van der Waals surface area contributed by atoms with Gasteiger partial charge in [0.15, 0.2) is 0 Å². The third-order valence-electron chi connectivity index (χ3n) is 4.37. The number of amides is 2. The highest BCUT2D eigenvalue weighted by atomic mass is 35.5. The van der Waals surface area contributed by atoms with E-state index in [0.717, 1.165) is 5.56 Å². The van der Waals surface area contributed by atoms with Crippen molar-refractivity contribution in [2.24, 2.45) is 5.92 Å². The molecule has 27 heavy (non-hydrogen) atoms. The maximum absolute atomic E-state index is 14.0. The first-order valence-corrected chi connectivity index (χ1v) is 9.14. The van der Waals surface area contributed by atoms with Gasteiger partial charge in [0.25, 0.3) is 5.91 Å². The fourth-order valence-corrected chi connectivity index (χ4v) is 2.90. The molecule has 6 heteroatoms. The van der Waals surface area contributed by atoms with E-state index in [-0.39, 0.29) is 34.9 Å². The monoisotopic (exact) mass is 390 g/mol. The molecule has 0 radical (unpaired) electrons. The molecule has 2 rings (SSSR count). The molecule has 0 heterocycles. The van der Waals surface area contributed by atoms with Gasteiger partial charge in [0.1, 0.15) is 11.9 Å². The number of likely N-dealkylation sites (N-methyl/N-ethyl adjacent to an activating group) is 1. The second-order valence-electron chi connectivity index (χ2n) is 6.96. The molecule has 0 spiro atoms. The van der Waals surface area contributed by atoms with Gasteiger partial charge in [-0.2, -0.15) is 0 Å². The predicted molar refractivity (Wildman–Crippen MR) is 105 cm³/mol. The summed E-state index contributed by atoms with van der Waals surface area (Å²) in [7, 11) is 1.57. The van der Waals surface area contributed by atoms with Gasteiger partial charge in [-0.3, -0.25) is 9.59 Å². The van der Waals surface area contributed by atoms with Crippen LogP contribution in [0.1, 0.15) is 35.3 Å². The van der Waals surface area contributed by atoms with E-state index in [0.29, 0.717) is 5.56 Å². The number of hydrogen-bond acceptors (Lipinski definition) is 2. The molecule has 0 aliphatic rings. The molecule has 1 unspecified atom stereocenters. The van der Waals surface area contributed by atoms with Crippen molar-refractivity contribution in [3.05, 3.63) is 70.0 Å². The van der Waals surface area contributed by atoms with Crippen LogP contribution in [0.4, 0.5) is 4.39 Å². The lowest BCUT2D eigenvalue weighted by molar-refractivity contribution is -0.133. The molecule has 0 saturated carbocycles. The lowest BCUT2D eigenvalue weighted by Crippen LogP contribution is -2.50. The third-order valence-corrected chi connectivity index (χ3v) is 4.72. The molecular weight excluding hydrogens is 367 g/mol. The molecule has 2 aromatic carbocycles. The van der Waals surface area contributed by atoms with Crippen LogP contribution in [0, 0.1) is 18.7 Å². The first kappa shape index (κ1) is 20.9. The highest BCUT2D eigenvalue weighted by Crippen LogP contribution is 2.21. The third kappa shape index (κ3) is 5.30. The van der Waals surface area contributed by atoms with E-state index >= 15 is 0 Å². The number of nitrogens with one attached hydrogen (secondary N) is 1. The summed E-state index contributed by atoms with van der Waals surface area (Å²) in [5.41, 5.74) is 1.78. The number of halogens is 2. The van der Waals surface area contributed by atoms with Crippen LogP contribution in [0.25, 0.3) is 0 Å². The summed E-state index contributed by atoms with van der Waals surface area (Å²) < 4.78 is 14.0. The maximum Gasteiger partial charge on any atom is 0.251 e. The van der Waals surface area contributed by atoms with Gasteiger partial charge in [-0.15, -0.1) is 0 Å². The van der Waals surface area contributed by atoms with Gasteiger partial charge in [-0.05, 0) is 37.1 Å². The van der Waals surface area contributed by atoms with Gasteiger partial charge >= 0.3 is 0 Å². The number of hydrogen-bond donors (Lipinski definition) is 1. The van der Waals surface area contributed by atoms with E-state index in [1.54, 1.807) is 25.2 Å². The Hall–Kier alpha value is -2.40. The molecule has 0 fully saturated rings. The van der Waals surface area contributed by atoms with Crippen molar-refractivity contribution < 1.29 is 14.0 Å². The van der Waals surface area contributed by atoms with Gasteiger partial charge < -0.3 is 10.2 Å². The second-order valence-corrected chi connectivity index (χ2v) is 7.36. The van der Waals surface area contributed by atoms with Crippen molar-refractivity contribution in [1.29, 1.82) is 0 Å². The van der Waals surface area contributed by atoms with E-state index in [4.69, 9.17) is 11.6 Å². The van der Waals surface area contributed by atoms with Crippen LogP contribution in [0.15, 0.2) is 42.5 Å². The van der Waals surface area contributed by atoms with Crippen LogP contribution in [0.5, 0.6) is 0 Å². The quantitative estimate of drug-likeness (QED) is 0.803. The fourth-order valence-electron chi connectivity index (χ4n) is 2.68. The van der Waals surface area contributed by atoms with E-state index in [9.17, 15) is 14.0 Å². The first-order chi connectivity index (χ1) is 12.7. The van der Waals surface area contributed by atoms with Crippen molar-refractivity contribution in [3.8, 4) is 0 Å². The van der Waals surface area contributed by atoms with Crippen LogP contribution in [-0.2, 0) is 11.3 Å². The van der Waals surface area contributed by atoms with Crippen molar-refractivity contribution >= 4 is 23.4 Å². The molecule has 4 nitrogen and oxygen atoms in total. The topological polar surface area (TPSA) is 49.4 Å². The van der Waals surface area contributed by atoms with Gasteiger partial charge in [0.05, 0.1) is 0 Å². The highest BCUT2D eigenvalue weighted by molar-refractivity contribution is 6.31. The molecule has 0 aliphatic carbocycles. The summed E-state index contributed by atoms with van der Waals surface area (Å²) in [5.74, 6) is -1.22. The molecule has 2 amide bonds. The lowest BCUT2D eigenvalue weighted by Gasteiger charge is -2.27. The van der Waals surface area contributed by atoms with Gasteiger partial charge in [-0.25, -0.2) is 4.39 Å². The van der Waals surface area contributed by atoms with E-state index in [2.05, 4.69) is 5.32 Å². The number of carbonyl (C=O) groups is 2. The van der Waals surface area contributed by atoms with E-state index in [1.165, 1.54) is 17.0 Å². The highest BCUT2D eigenvalue weighted by Gasteiger charge is 2.28. The SMILES string of the molecule is Cc1ccc(C(=O)NC(C(=O)N(C)Cc2c(F)cccc2Cl)C(C)C)cc1. The summed E-state index contributed by atoms with van der Waals surface area (Å²) in [6.45, 7) is 5.66. The summed E-state index contributed by atoms with van der Waals surface area (Å²) in [5, 5.41) is 3.05. The fraction of sp³-hybridized carbons (Fsp3) is 0.333. The molecule has 0 bridgehead atoms. The summed E-state index contributed by atoms with van der Waals surface area (Å²) >= 11 is 6.05. The van der Waals surface area contributed by atoms with Crippen LogP contribution in [-0.4, -0.2) is 29.8 Å². The molecule has 144 valence electrons. The summed E-state index contributed by atoms with van der Waals surface area (Å²) in [4.78, 5) is 26.8. The standard InChI is InChI=1S/C21H24ClFN2O2/c1-13(2)19(24-20(26)15-10-8-14(3)9-11-15)21(27)25(4)12-16-17(22)6-5-7-18(16)23/h5-11,13,19H,12H2,1-4H3,(H,24,26). The lowest BCUT2D eigenvalue weighted by atomic mass is 10.0.